The van der Waals surface area contributed by atoms with E-state index >= 15 is 0 Å². The van der Waals surface area contributed by atoms with E-state index in [0.29, 0.717) is 12.5 Å². The molecule has 2 N–H and O–H groups in total. The van der Waals surface area contributed by atoms with Crippen LogP contribution in [0.4, 0.5) is 5.69 Å². The molecule has 0 bridgehead atoms. The third kappa shape index (κ3) is 3.20. The fourth-order valence-corrected chi connectivity index (χ4v) is 2.51. The molecule has 1 saturated heterocycles. The molecule has 1 aromatic carbocycles. The fraction of sp³-hybridized carbons (Fsp3) is 0.571. The van der Waals surface area contributed by atoms with Crippen LogP contribution in [0.25, 0.3) is 0 Å². The molecule has 3 heteroatoms. The van der Waals surface area contributed by atoms with Gasteiger partial charge in [0, 0.05) is 24.7 Å². The van der Waals surface area contributed by atoms with Crippen LogP contribution in [0.1, 0.15) is 25.3 Å². The molecule has 1 atom stereocenters. The highest BCUT2D eigenvalue weighted by Gasteiger charge is 2.19. The van der Waals surface area contributed by atoms with Crippen LogP contribution < -0.4 is 10.8 Å². The highest BCUT2D eigenvalue weighted by Crippen LogP contribution is 2.23. The third-order valence-electron chi connectivity index (χ3n) is 3.56. The minimum Gasteiger partial charge on any atom is -0.371 e. The van der Waals surface area contributed by atoms with Crippen LogP contribution in [0.15, 0.2) is 24.3 Å². The summed E-state index contributed by atoms with van der Waals surface area (Å²) in [6, 6.07) is 8.89. The first-order valence-electron chi connectivity index (χ1n) is 6.49. The van der Waals surface area contributed by atoms with Gasteiger partial charge in [0.05, 0.1) is 6.61 Å². The van der Waals surface area contributed by atoms with E-state index in [1.807, 2.05) is 0 Å². The molecule has 0 saturated carbocycles. The van der Waals surface area contributed by atoms with Crippen molar-refractivity contribution >= 4 is 5.69 Å². The van der Waals surface area contributed by atoms with Crippen molar-refractivity contribution < 1.29 is 4.84 Å². The molecule has 17 heavy (non-hydrogen) atoms. The molecule has 1 heterocycles. The highest BCUT2D eigenvalue weighted by atomic mass is 16.6. The molecular formula is C14H22N2O. The zero-order valence-electron chi connectivity index (χ0n) is 10.6. The van der Waals surface area contributed by atoms with Gasteiger partial charge in [-0.1, -0.05) is 19.1 Å². The predicted molar refractivity (Wildman–Crippen MR) is 70.9 cm³/mol. The van der Waals surface area contributed by atoms with Crippen molar-refractivity contribution in [3.63, 3.8) is 0 Å². The molecule has 2 rings (SSSR count). The summed E-state index contributed by atoms with van der Waals surface area (Å²) in [5.41, 5.74) is 2.72. The first-order chi connectivity index (χ1) is 8.33. The standard InChI is InChI=1S/C14H22N2O/c1-2-12-5-7-14(8-6-12)16-9-3-4-13(10-16)11-17-15/h5-8,13H,2-4,9-11,15H2,1H3. The summed E-state index contributed by atoms with van der Waals surface area (Å²) in [7, 11) is 0. The molecule has 0 amide bonds. The number of rotatable bonds is 4. The Morgan fingerprint density at radius 3 is 2.76 bits per heavy atom. The first-order valence-corrected chi connectivity index (χ1v) is 6.49. The van der Waals surface area contributed by atoms with Crippen molar-refractivity contribution in [1.29, 1.82) is 0 Å². The molecule has 1 aliphatic heterocycles. The molecule has 94 valence electrons. The average Bonchev–Trinajstić information content (AvgIpc) is 2.40. The number of anilines is 1. The van der Waals surface area contributed by atoms with E-state index < -0.39 is 0 Å². The van der Waals surface area contributed by atoms with Gasteiger partial charge in [-0.2, -0.15) is 0 Å². The summed E-state index contributed by atoms with van der Waals surface area (Å²) >= 11 is 0. The second kappa shape index (κ2) is 6.03. The van der Waals surface area contributed by atoms with Gasteiger partial charge in [-0.15, -0.1) is 0 Å². The van der Waals surface area contributed by atoms with Crippen LogP contribution >= 0.6 is 0 Å². The van der Waals surface area contributed by atoms with E-state index in [1.165, 1.54) is 24.1 Å². The predicted octanol–water partition coefficient (Wildman–Crippen LogP) is 2.36. The number of aryl methyl sites for hydroxylation is 1. The van der Waals surface area contributed by atoms with Gasteiger partial charge in [0.25, 0.3) is 0 Å². The maximum Gasteiger partial charge on any atom is 0.0724 e. The molecule has 1 unspecified atom stereocenters. The van der Waals surface area contributed by atoms with Gasteiger partial charge >= 0.3 is 0 Å². The molecule has 1 aliphatic rings. The monoisotopic (exact) mass is 234 g/mol. The summed E-state index contributed by atoms with van der Waals surface area (Å²) in [4.78, 5) is 7.21. The van der Waals surface area contributed by atoms with Gasteiger partial charge in [-0.05, 0) is 37.0 Å². The number of benzene rings is 1. The van der Waals surface area contributed by atoms with E-state index in [2.05, 4.69) is 36.1 Å². The van der Waals surface area contributed by atoms with Crippen LogP contribution in [-0.4, -0.2) is 19.7 Å². The first kappa shape index (κ1) is 12.4. The van der Waals surface area contributed by atoms with Crippen molar-refractivity contribution in [2.24, 2.45) is 11.8 Å². The molecule has 0 spiro atoms. The smallest absolute Gasteiger partial charge is 0.0724 e. The largest absolute Gasteiger partial charge is 0.371 e. The van der Waals surface area contributed by atoms with Gasteiger partial charge in [0.1, 0.15) is 0 Å². The summed E-state index contributed by atoms with van der Waals surface area (Å²) in [5, 5.41) is 0. The van der Waals surface area contributed by atoms with Gasteiger partial charge in [0.2, 0.25) is 0 Å². The van der Waals surface area contributed by atoms with E-state index in [0.717, 1.165) is 19.5 Å². The molecule has 0 aliphatic carbocycles. The van der Waals surface area contributed by atoms with Crippen LogP contribution in [-0.2, 0) is 11.3 Å². The third-order valence-corrected chi connectivity index (χ3v) is 3.56. The SMILES string of the molecule is CCc1ccc(N2CCCC(CON)C2)cc1. The second-order valence-corrected chi connectivity index (χ2v) is 4.81. The van der Waals surface area contributed by atoms with E-state index in [4.69, 9.17) is 10.7 Å². The summed E-state index contributed by atoms with van der Waals surface area (Å²) in [5.74, 6) is 5.73. The Labute approximate surface area is 104 Å². The van der Waals surface area contributed by atoms with Crippen molar-refractivity contribution in [3.05, 3.63) is 29.8 Å². The van der Waals surface area contributed by atoms with Gasteiger partial charge in [-0.3, -0.25) is 0 Å². The molecule has 3 nitrogen and oxygen atoms in total. The Kier molecular flexibility index (Phi) is 4.40. The maximum atomic E-state index is 5.16. The number of hydrogen-bond donors (Lipinski definition) is 1. The van der Waals surface area contributed by atoms with Crippen molar-refractivity contribution in [1.82, 2.24) is 0 Å². The van der Waals surface area contributed by atoms with Crippen LogP contribution in [0.5, 0.6) is 0 Å². The maximum absolute atomic E-state index is 5.16. The second-order valence-electron chi connectivity index (χ2n) is 4.81. The van der Waals surface area contributed by atoms with E-state index in [-0.39, 0.29) is 0 Å². The zero-order valence-corrected chi connectivity index (χ0v) is 10.6. The number of hydrogen-bond acceptors (Lipinski definition) is 3. The van der Waals surface area contributed by atoms with Crippen LogP contribution in [0.3, 0.4) is 0 Å². The number of nitrogens with two attached hydrogens (primary N) is 1. The Morgan fingerprint density at radius 2 is 2.12 bits per heavy atom. The van der Waals surface area contributed by atoms with Gasteiger partial charge in [0.15, 0.2) is 0 Å². The highest BCUT2D eigenvalue weighted by molar-refractivity contribution is 5.48. The fourth-order valence-electron chi connectivity index (χ4n) is 2.51. The Bertz CT molecular complexity index is 335. The molecular weight excluding hydrogens is 212 g/mol. The minimum atomic E-state index is 0.569. The average molecular weight is 234 g/mol. The van der Waals surface area contributed by atoms with Gasteiger partial charge < -0.3 is 9.74 Å². The van der Waals surface area contributed by atoms with E-state index in [1.54, 1.807) is 0 Å². The Balaban J connectivity index is 2.00. The van der Waals surface area contributed by atoms with Gasteiger partial charge in [-0.25, -0.2) is 5.90 Å². The Hall–Kier alpha value is -1.06. The lowest BCUT2D eigenvalue weighted by Crippen LogP contribution is -2.37. The molecule has 0 radical (unpaired) electrons. The van der Waals surface area contributed by atoms with Crippen molar-refractivity contribution in [3.8, 4) is 0 Å². The minimum absolute atomic E-state index is 0.569. The summed E-state index contributed by atoms with van der Waals surface area (Å²) < 4.78 is 0. The lowest BCUT2D eigenvalue weighted by molar-refractivity contribution is 0.0951. The van der Waals surface area contributed by atoms with Crippen LogP contribution in [0.2, 0.25) is 0 Å². The van der Waals surface area contributed by atoms with Crippen LogP contribution in [0, 0.1) is 5.92 Å². The zero-order chi connectivity index (χ0) is 12.1. The molecule has 0 aromatic heterocycles. The molecule has 1 fully saturated rings. The Morgan fingerprint density at radius 1 is 1.35 bits per heavy atom. The normalized spacial score (nSPS) is 20.6. The summed E-state index contributed by atoms with van der Waals surface area (Å²) in [6.07, 6.45) is 3.55. The lowest BCUT2D eigenvalue weighted by Gasteiger charge is -2.34. The lowest BCUT2D eigenvalue weighted by atomic mass is 9.98. The van der Waals surface area contributed by atoms with Crippen molar-refractivity contribution in [2.75, 3.05) is 24.6 Å². The quantitative estimate of drug-likeness (QED) is 0.813. The van der Waals surface area contributed by atoms with E-state index in [9.17, 15) is 0 Å². The number of piperidine rings is 1. The number of nitrogens with zero attached hydrogens (tertiary/aromatic N) is 1. The topological polar surface area (TPSA) is 38.5 Å². The molecule has 1 aromatic rings. The summed E-state index contributed by atoms with van der Waals surface area (Å²) in [6.45, 7) is 5.06. The van der Waals surface area contributed by atoms with Crippen molar-refractivity contribution in [2.45, 2.75) is 26.2 Å².